The van der Waals surface area contributed by atoms with E-state index in [0.717, 1.165) is 54.7 Å². The molecule has 0 spiro atoms. The van der Waals surface area contributed by atoms with Crippen LogP contribution in [-0.2, 0) is 6.42 Å². The topological polar surface area (TPSA) is 36.4 Å². The molecule has 1 aliphatic heterocycles. The summed E-state index contributed by atoms with van der Waals surface area (Å²) in [5.41, 5.74) is 1.04. The summed E-state index contributed by atoms with van der Waals surface area (Å²) in [7, 11) is 0. The number of hydrogen-bond donors (Lipinski definition) is 0. The van der Waals surface area contributed by atoms with E-state index in [1.54, 1.807) is 11.3 Å². The highest BCUT2D eigenvalue weighted by Gasteiger charge is 2.28. The van der Waals surface area contributed by atoms with Crippen molar-refractivity contribution in [2.75, 3.05) is 31.1 Å². The Bertz CT molecular complexity index is 485. The highest BCUT2D eigenvalue weighted by atomic mass is 32.1. The van der Waals surface area contributed by atoms with Crippen LogP contribution in [0.4, 0.5) is 5.13 Å². The maximum absolute atomic E-state index is 11.9. The molecular formula is C14H21N3OS. The zero-order valence-corrected chi connectivity index (χ0v) is 12.5. The van der Waals surface area contributed by atoms with Crippen molar-refractivity contribution in [1.82, 2.24) is 9.88 Å². The van der Waals surface area contributed by atoms with Gasteiger partial charge in [0, 0.05) is 32.1 Å². The number of aryl methyl sites for hydroxylation is 1. The fraction of sp³-hybridized carbons (Fsp3) is 0.714. The molecule has 104 valence electrons. The van der Waals surface area contributed by atoms with Crippen LogP contribution in [0.5, 0.6) is 0 Å². The van der Waals surface area contributed by atoms with E-state index in [4.69, 9.17) is 4.98 Å². The van der Waals surface area contributed by atoms with Crippen molar-refractivity contribution in [2.24, 2.45) is 0 Å². The number of likely N-dealkylation sites (N-methyl/N-ethyl adjacent to an activating group) is 1. The summed E-state index contributed by atoms with van der Waals surface area (Å²) in [6, 6.07) is 0.565. The molecule has 5 heteroatoms. The molecule has 2 aliphatic rings. The second kappa shape index (κ2) is 5.21. The first-order valence-corrected chi connectivity index (χ1v) is 8.02. The van der Waals surface area contributed by atoms with Gasteiger partial charge in [-0.3, -0.25) is 9.69 Å². The van der Waals surface area contributed by atoms with Crippen LogP contribution in [0, 0.1) is 0 Å². The molecule has 4 nitrogen and oxygen atoms in total. The lowest BCUT2D eigenvalue weighted by molar-refractivity contribution is 0.0976. The van der Waals surface area contributed by atoms with Crippen molar-refractivity contribution in [1.29, 1.82) is 0 Å². The minimum Gasteiger partial charge on any atom is -0.345 e. The summed E-state index contributed by atoms with van der Waals surface area (Å²) in [6.45, 7) is 8.74. The SMILES string of the molecule is CCN1CCN(c2nc3c(s2)C(=O)CCC3)CC1C. The Morgan fingerprint density at radius 1 is 1.37 bits per heavy atom. The van der Waals surface area contributed by atoms with Crippen LogP contribution in [0.25, 0.3) is 0 Å². The molecular weight excluding hydrogens is 258 g/mol. The number of Topliss-reactive ketones (excluding diaryl/α,β-unsaturated/α-hetero) is 1. The zero-order valence-electron chi connectivity index (χ0n) is 11.7. The van der Waals surface area contributed by atoms with Gasteiger partial charge in [0.15, 0.2) is 10.9 Å². The molecule has 1 unspecified atom stereocenters. The molecule has 1 saturated heterocycles. The summed E-state index contributed by atoms with van der Waals surface area (Å²) in [5.74, 6) is 0.297. The Kier molecular flexibility index (Phi) is 3.58. The Hall–Kier alpha value is -0.940. The van der Waals surface area contributed by atoms with Gasteiger partial charge in [-0.05, 0) is 26.3 Å². The van der Waals surface area contributed by atoms with E-state index in [1.165, 1.54) is 0 Å². The third-order valence-corrected chi connectivity index (χ3v) is 5.40. The zero-order chi connectivity index (χ0) is 13.4. The molecule has 1 aromatic rings. The number of aromatic nitrogens is 1. The van der Waals surface area contributed by atoms with Crippen LogP contribution >= 0.6 is 11.3 Å². The van der Waals surface area contributed by atoms with Crippen LogP contribution in [0.3, 0.4) is 0 Å². The molecule has 3 rings (SSSR count). The van der Waals surface area contributed by atoms with Crippen LogP contribution in [0.1, 0.15) is 42.1 Å². The largest absolute Gasteiger partial charge is 0.345 e. The number of nitrogens with zero attached hydrogens (tertiary/aromatic N) is 3. The van der Waals surface area contributed by atoms with Gasteiger partial charge in [-0.15, -0.1) is 0 Å². The van der Waals surface area contributed by atoms with Crippen molar-refractivity contribution in [2.45, 2.75) is 39.2 Å². The summed E-state index contributed by atoms with van der Waals surface area (Å²) in [6.07, 6.45) is 2.64. The number of ketones is 1. The first-order chi connectivity index (χ1) is 9.19. The molecule has 0 amide bonds. The van der Waals surface area contributed by atoms with E-state index in [2.05, 4.69) is 23.6 Å². The van der Waals surface area contributed by atoms with E-state index in [1.807, 2.05) is 0 Å². The van der Waals surface area contributed by atoms with E-state index < -0.39 is 0 Å². The number of fused-ring (bicyclic) bond motifs is 1. The second-order valence-corrected chi connectivity index (χ2v) is 6.45. The van der Waals surface area contributed by atoms with Crippen molar-refractivity contribution >= 4 is 22.3 Å². The fourth-order valence-corrected chi connectivity index (χ4v) is 4.15. The lowest BCUT2D eigenvalue weighted by atomic mass is 10.0. The van der Waals surface area contributed by atoms with E-state index in [-0.39, 0.29) is 0 Å². The molecule has 1 fully saturated rings. The second-order valence-electron chi connectivity index (χ2n) is 5.47. The number of anilines is 1. The van der Waals surface area contributed by atoms with Crippen molar-refractivity contribution in [3.63, 3.8) is 0 Å². The standard InChI is InChI=1S/C14H21N3OS/c1-3-16-7-8-17(9-10(16)2)14-15-11-5-4-6-12(18)13(11)19-14/h10H,3-9H2,1-2H3. The Morgan fingerprint density at radius 2 is 2.21 bits per heavy atom. The van der Waals surface area contributed by atoms with E-state index >= 15 is 0 Å². The van der Waals surface area contributed by atoms with Crippen molar-refractivity contribution in [3.8, 4) is 0 Å². The number of carbonyl (C=O) groups is 1. The normalized spacial score (nSPS) is 24.6. The van der Waals surface area contributed by atoms with Gasteiger partial charge in [0.25, 0.3) is 0 Å². The maximum atomic E-state index is 11.9. The molecule has 1 aromatic heterocycles. The molecule has 0 radical (unpaired) electrons. The highest BCUT2D eigenvalue weighted by Crippen LogP contribution is 2.32. The lowest BCUT2D eigenvalue weighted by Crippen LogP contribution is -2.51. The van der Waals surface area contributed by atoms with Gasteiger partial charge < -0.3 is 4.90 Å². The summed E-state index contributed by atoms with van der Waals surface area (Å²) in [5, 5.41) is 1.06. The molecule has 0 aromatic carbocycles. The van der Waals surface area contributed by atoms with Gasteiger partial charge in [-0.25, -0.2) is 4.98 Å². The van der Waals surface area contributed by atoms with Gasteiger partial charge in [-0.2, -0.15) is 0 Å². The first-order valence-electron chi connectivity index (χ1n) is 7.21. The highest BCUT2D eigenvalue weighted by molar-refractivity contribution is 7.17. The number of piperazine rings is 1. The van der Waals surface area contributed by atoms with Gasteiger partial charge >= 0.3 is 0 Å². The molecule has 19 heavy (non-hydrogen) atoms. The number of carbonyl (C=O) groups excluding carboxylic acids is 1. The minimum atomic E-state index is 0.297. The predicted octanol–water partition coefficient (Wildman–Crippen LogP) is 2.19. The smallest absolute Gasteiger partial charge is 0.186 e. The molecule has 1 atom stereocenters. The third kappa shape index (κ3) is 2.41. The van der Waals surface area contributed by atoms with Crippen molar-refractivity contribution < 1.29 is 4.79 Å². The van der Waals surface area contributed by atoms with Crippen molar-refractivity contribution in [3.05, 3.63) is 10.6 Å². The Labute approximate surface area is 118 Å². The van der Waals surface area contributed by atoms with Gasteiger partial charge in [0.2, 0.25) is 0 Å². The summed E-state index contributed by atoms with van der Waals surface area (Å²) < 4.78 is 0. The van der Waals surface area contributed by atoms with Crippen LogP contribution in [0.15, 0.2) is 0 Å². The quantitative estimate of drug-likeness (QED) is 0.831. The Morgan fingerprint density at radius 3 is 2.89 bits per heavy atom. The van der Waals surface area contributed by atoms with Crippen LogP contribution in [-0.4, -0.2) is 47.9 Å². The first kappa shape index (κ1) is 13.1. The third-order valence-electron chi connectivity index (χ3n) is 4.20. The maximum Gasteiger partial charge on any atom is 0.186 e. The predicted molar refractivity (Wildman–Crippen MR) is 78.3 cm³/mol. The van der Waals surface area contributed by atoms with E-state index in [9.17, 15) is 4.79 Å². The molecule has 0 saturated carbocycles. The fourth-order valence-electron chi connectivity index (χ4n) is 3.03. The molecule has 0 bridgehead atoms. The molecule has 0 N–H and O–H groups in total. The average molecular weight is 279 g/mol. The van der Waals surface area contributed by atoms with Gasteiger partial charge in [0.05, 0.1) is 10.6 Å². The Balaban J connectivity index is 1.78. The minimum absolute atomic E-state index is 0.297. The van der Waals surface area contributed by atoms with Crippen LogP contribution in [0.2, 0.25) is 0 Å². The molecule has 2 heterocycles. The lowest BCUT2D eigenvalue weighted by Gasteiger charge is -2.39. The summed E-state index contributed by atoms with van der Waals surface area (Å²) >= 11 is 1.61. The van der Waals surface area contributed by atoms with E-state index in [0.29, 0.717) is 18.2 Å². The van der Waals surface area contributed by atoms with Gasteiger partial charge in [0.1, 0.15) is 0 Å². The monoisotopic (exact) mass is 279 g/mol. The number of hydrogen-bond acceptors (Lipinski definition) is 5. The molecule has 1 aliphatic carbocycles. The number of thiazole rings is 1. The summed E-state index contributed by atoms with van der Waals surface area (Å²) in [4.78, 5) is 22.4. The van der Waals surface area contributed by atoms with Crippen LogP contribution < -0.4 is 4.90 Å². The number of rotatable bonds is 2. The van der Waals surface area contributed by atoms with Gasteiger partial charge in [-0.1, -0.05) is 18.3 Å². The average Bonchev–Trinajstić information content (AvgIpc) is 2.84.